The highest BCUT2D eigenvalue weighted by Gasteiger charge is 2.15. The Kier molecular flexibility index (Phi) is 8.48. The largest absolute Gasteiger partial charge is 0.494 e. The Bertz CT molecular complexity index is 452. The van der Waals surface area contributed by atoms with Gasteiger partial charge >= 0.3 is 6.09 Å². The average molecular weight is 322 g/mol. The lowest BCUT2D eigenvalue weighted by atomic mass is 10.2. The van der Waals surface area contributed by atoms with Crippen molar-refractivity contribution in [1.29, 1.82) is 0 Å². The van der Waals surface area contributed by atoms with Gasteiger partial charge in [0.25, 0.3) is 0 Å². The molecule has 0 fully saturated rings. The fraction of sp³-hybridized carbons (Fsp3) is 0.611. The summed E-state index contributed by atoms with van der Waals surface area (Å²) in [6.45, 7) is 10.4. The molecule has 0 atom stereocenters. The van der Waals surface area contributed by atoms with Crippen LogP contribution >= 0.6 is 0 Å². The predicted molar refractivity (Wildman–Crippen MR) is 92.8 cm³/mol. The van der Waals surface area contributed by atoms with Crippen molar-refractivity contribution >= 4 is 6.09 Å². The lowest BCUT2D eigenvalue weighted by molar-refractivity contribution is 0.0528. The van der Waals surface area contributed by atoms with Gasteiger partial charge in [0.2, 0.25) is 0 Å². The highest BCUT2D eigenvalue weighted by Crippen LogP contribution is 2.12. The zero-order valence-corrected chi connectivity index (χ0v) is 14.8. The van der Waals surface area contributed by atoms with Crippen LogP contribution < -0.4 is 15.4 Å². The number of ether oxygens (including phenoxy) is 2. The maximum atomic E-state index is 11.5. The molecule has 0 saturated heterocycles. The molecule has 5 nitrogen and oxygen atoms in total. The van der Waals surface area contributed by atoms with Crippen molar-refractivity contribution < 1.29 is 14.3 Å². The van der Waals surface area contributed by atoms with E-state index in [1.54, 1.807) is 0 Å². The molecule has 0 saturated carbocycles. The van der Waals surface area contributed by atoms with Gasteiger partial charge in [-0.2, -0.15) is 0 Å². The molecule has 5 heteroatoms. The van der Waals surface area contributed by atoms with Crippen LogP contribution in [0.4, 0.5) is 4.79 Å². The zero-order valence-electron chi connectivity index (χ0n) is 14.8. The molecule has 0 bridgehead atoms. The van der Waals surface area contributed by atoms with Gasteiger partial charge in [0.05, 0.1) is 6.61 Å². The summed E-state index contributed by atoms with van der Waals surface area (Å²) in [5, 5.41) is 6.00. The van der Waals surface area contributed by atoms with E-state index in [2.05, 4.69) is 29.7 Å². The van der Waals surface area contributed by atoms with Crippen LogP contribution in [-0.2, 0) is 11.3 Å². The molecule has 0 spiro atoms. The summed E-state index contributed by atoms with van der Waals surface area (Å²) in [4.78, 5) is 11.5. The standard InChI is InChI=1S/C18H30N2O3/c1-5-6-13-22-16-9-7-15(8-10-16)14-19-11-12-20-17(21)23-18(2,3)4/h7-10,19H,5-6,11-14H2,1-4H3,(H,20,21). The van der Waals surface area contributed by atoms with Crippen molar-refractivity contribution in [1.82, 2.24) is 10.6 Å². The van der Waals surface area contributed by atoms with Crippen LogP contribution in [0, 0.1) is 0 Å². The Balaban J connectivity index is 2.15. The van der Waals surface area contributed by atoms with E-state index < -0.39 is 5.60 Å². The number of alkyl carbamates (subject to hydrolysis) is 1. The molecule has 0 heterocycles. The Morgan fingerprint density at radius 1 is 1.13 bits per heavy atom. The van der Waals surface area contributed by atoms with E-state index in [4.69, 9.17) is 9.47 Å². The number of rotatable bonds is 9. The minimum absolute atomic E-state index is 0.382. The topological polar surface area (TPSA) is 59.6 Å². The first-order valence-corrected chi connectivity index (χ1v) is 8.30. The summed E-state index contributed by atoms with van der Waals surface area (Å²) in [6, 6.07) is 8.09. The van der Waals surface area contributed by atoms with Gasteiger partial charge in [-0.3, -0.25) is 0 Å². The van der Waals surface area contributed by atoms with Crippen LogP contribution in [0.3, 0.4) is 0 Å². The van der Waals surface area contributed by atoms with Crippen LogP contribution in [0.25, 0.3) is 0 Å². The maximum absolute atomic E-state index is 11.5. The van der Waals surface area contributed by atoms with E-state index in [9.17, 15) is 4.79 Å². The molecule has 23 heavy (non-hydrogen) atoms. The molecule has 0 unspecified atom stereocenters. The number of hydrogen-bond acceptors (Lipinski definition) is 4. The van der Waals surface area contributed by atoms with Crippen molar-refractivity contribution in [2.24, 2.45) is 0 Å². The quantitative estimate of drug-likeness (QED) is 0.683. The summed E-state index contributed by atoms with van der Waals surface area (Å²) >= 11 is 0. The van der Waals surface area contributed by atoms with Crippen LogP contribution in [-0.4, -0.2) is 31.4 Å². The second kappa shape index (κ2) is 10.1. The first kappa shape index (κ1) is 19.3. The third kappa shape index (κ3) is 9.79. The highest BCUT2D eigenvalue weighted by atomic mass is 16.6. The fourth-order valence-electron chi connectivity index (χ4n) is 1.84. The highest BCUT2D eigenvalue weighted by molar-refractivity contribution is 5.67. The Morgan fingerprint density at radius 2 is 1.83 bits per heavy atom. The monoisotopic (exact) mass is 322 g/mol. The summed E-state index contributed by atoms with van der Waals surface area (Å²) in [5.74, 6) is 0.911. The molecule has 1 amide bonds. The lowest BCUT2D eigenvalue weighted by Crippen LogP contribution is -2.36. The van der Waals surface area contributed by atoms with Crippen molar-refractivity contribution in [3.8, 4) is 5.75 Å². The van der Waals surface area contributed by atoms with Gasteiger partial charge in [-0.15, -0.1) is 0 Å². The Hall–Kier alpha value is -1.75. The first-order chi connectivity index (χ1) is 10.9. The molecule has 0 aromatic heterocycles. The third-order valence-electron chi connectivity index (χ3n) is 2.99. The van der Waals surface area contributed by atoms with Crippen molar-refractivity contribution in [2.45, 2.75) is 52.7 Å². The second-order valence-corrected chi connectivity index (χ2v) is 6.45. The molecule has 130 valence electrons. The normalized spacial score (nSPS) is 11.1. The molecule has 1 rings (SSSR count). The predicted octanol–water partition coefficient (Wildman–Crippen LogP) is 3.48. The van der Waals surface area contributed by atoms with E-state index in [1.807, 2.05) is 32.9 Å². The van der Waals surface area contributed by atoms with E-state index in [0.29, 0.717) is 13.1 Å². The SMILES string of the molecule is CCCCOc1ccc(CNCCNC(=O)OC(C)(C)C)cc1. The van der Waals surface area contributed by atoms with Gasteiger partial charge in [0.15, 0.2) is 0 Å². The fourth-order valence-corrected chi connectivity index (χ4v) is 1.84. The van der Waals surface area contributed by atoms with Gasteiger partial charge in [0.1, 0.15) is 11.4 Å². The number of nitrogens with one attached hydrogen (secondary N) is 2. The third-order valence-corrected chi connectivity index (χ3v) is 2.99. The van der Waals surface area contributed by atoms with Gasteiger partial charge in [-0.1, -0.05) is 25.5 Å². The molecule has 0 radical (unpaired) electrons. The van der Waals surface area contributed by atoms with Gasteiger partial charge in [-0.25, -0.2) is 4.79 Å². The molecule has 0 aliphatic carbocycles. The van der Waals surface area contributed by atoms with Crippen molar-refractivity contribution in [3.05, 3.63) is 29.8 Å². The van der Waals surface area contributed by atoms with Crippen LogP contribution in [0.5, 0.6) is 5.75 Å². The number of carbonyl (C=O) groups is 1. The Morgan fingerprint density at radius 3 is 2.43 bits per heavy atom. The Labute approximate surface area is 139 Å². The minimum Gasteiger partial charge on any atom is -0.494 e. The number of carbonyl (C=O) groups excluding carboxylic acids is 1. The maximum Gasteiger partial charge on any atom is 0.407 e. The van der Waals surface area contributed by atoms with E-state index in [1.165, 1.54) is 5.56 Å². The molecular formula is C18H30N2O3. The minimum atomic E-state index is -0.460. The van der Waals surface area contributed by atoms with Gasteiger partial charge in [0, 0.05) is 19.6 Å². The molecule has 0 aliphatic rings. The van der Waals surface area contributed by atoms with Gasteiger partial charge < -0.3 is 20.1 Å². The molecular weight excluding hydrogens is 292 g/mol. The number of hydrogen-bond donors (Lipinski definition) is 2. The second-order valence-electron chi connectivity index (χ2n) is 6.45. The summed E-state index contributed by atoms with van der Waals surface area (Å²) in [6.07, 6.45) is 1.83. The molecule has 0 aliphatic heterocycles. The number of unbranched alkanes of at least 4 members (excludes halogenated alkanes) is 1. The van der Waals surface area contributed by atoms with Gasteiger partial charge in [-0.05, 0) is 44.9 Å². The van der Waals surface area contributed by atoms with Crippen LogP contribution in [0.1, 0.15) is 46.1 Å². The van der Waals surface area contributed by atoms with E-state index in [-0.39, 0.29) is 6.09 Å². The number of benzene rings is 1. The van der Waals surface area contributed by atoms with E-state index in [0.717, 1.165) is 31.7 Å². The molecule has 1 aromatic rings. The lowest BCUT2D eigenvalue weighted by Gasteiger charge is -2.19. The van der Waals surface area contributed by atoms with Crippen LogP contribution in [0.2, 0.25) is 0 Å². The summed E-state index contributed by atoms with van der Waals surface area (Å²) in [7, 11) is 0. The van der Waals surface area contributed by atoms with E-state index >= 15 is 0 Å². The average Bonchev–Trinajstić information content (AvgIpc) is 2.47. The smallest absolute Gasteiger partial charge is 0.407 e. The summed E-state index contributed by atoms with van der Waals surface area (Å²) in [5.41, 5.74) is 0.725. The first-order valence-electron chi connectivity index (χ1n) is 8.30. The van der Waals surface area contributed by atoms with Crippen molar-refractivity contribution in [2.75, 3.05) is 19.7 Å². The van der Waals surface area contributed by atoms with Crippen LogP contribution in [0.15, 0.2) is 24.3 Å². The molecule has 2 N–H and O–H groups in total. The summed E-state index contributed by atoms with van der Waals surface area (Å²) < 4.78 is 10.8. The zero-order chi connectivity index (χ0) is 17.1. The molecule has 1 aromatic carbocycles. The number of amides is 1. The van der Waals surface area contributed by atoms with Crippen molar-refractivity contribution in [3.63, 3.8) is 0 Å².